The SMILES string of the molecule is N#Cc1c(N)cc(-c2ccccn2)nc1-c1ccccn1. The van der Waals surface area contributed by atoms with E-state index in [-0.39, 0.29) is 0 Å². The molecule has 3 aromatic rings. The Morgan fingerprint density at radius 2 is 1.57 bits per heavy atom. The molecule has 0 aliphatic heterocycles. The summed E-state index contributed by atoms with van der Waals surface area (Å²) in [4.78, 5) is 13.0. The molecule has 100 valence electrons. The van der Waals surface area contributed by atoms with Crippen LogP contribution in [0.3, 0.4) is 0 Å². The van der Waals surface area contributed by atoms with Crippen molar-refractivity contribution in [1.82, 2.24) is 15.0 Å². The zero-order valence-corrected chi connectivity index (χ0v) is 11.1. The van der Waals surface area contributed by atoms with E-state index in [1.165, 1.54) is 0 Å². The van der Waals surface area contributed by atoms with Crippen LogP contribution in [0.5, 0.6) is 0 Å². The van der Waals surface area contributed by atoms with Crippen molar-refractivity contribution in [3.63, 3.8) is 0 Å². The fourth-order valence-corrected chi connectivity index (χ4v) is 2.02. The minimum absolute atomic E-state index is 0.327. The molecule has 0 bridgehead atoms. The number of nitrogen functional groups attached to an aromatic ring is 1. The lowest BCUT2D eigenvalue weighted by atomic mass is 10.1. The second-order valence-corrected chi connectivity index (χ2v) is 4.36. The lowest BCUT2D eigenvalue weighted by molar-refractivity contribution is 1.21. The van der Waals surface area contributed by atoms with Gasteiger partial charge in [0.15, 0.2) is 0 Å². The maximum Gasteiger partial charge on any atom is 0.109 e. The zero-order valence-electron chi connectivity index (χ0n) is 11.1. The van der Waals surface area contributed by atoms with Crippen molar-refractivity contribution in [2.24, 2.45) is 0 Å². The van der Waals surface area contributed by atoms with Crippen LogP contribution in [0.25, 0.3) is 22.8 Å². The van der Waals surface area contributed by atoms with E-state index in [9.17, 15) is 5.26 Å². The van der Waals surface area contributed by atoms with Crippen LogP contribution in [-0.4, -0.2) is 15.0 Å². The molecular weight excluding hydrogens is 262 g/mol. The Bertz CT molecular complexity index is 807. The highest BCUT2D eigenvalue weighted by molar-refractivity contribution is 5.76. The van der Waals surface area contributed by atoms with Gasteiger partial charge >= 0.3 is 0 Å². The first-order valence-corrected chi connectivity index (χ1v) is 6.33. The fraction of sp³-hybridized carbons (Fsp3) is 0. The normalized spacial score (nSPS) is 10.0. The van der Waals surface area contributed by atoms with Crippen molar-refractivity contribution in [1.29, 1.82) is 5.26 Å². The summed E-state index contributed by atoms with van der Waals surface area (Å²) in [7, 11) is 0. The van der Waals surface area contributed by atoms with E-state index in [2.05, 4.69) is 21.0 Å². The molecule has 5 nitrogen and oxygen atoms in total. The molecule has 3 heterocycles. The molecule has 0 spiro atoms. The van der Waals surface area contributed by atoms with E-state index in [4.69, 9.17) is 5.73 Å². The maximum absolute atomic E-state index is 9.31. The predicted molar refractivity (Wildman–Crippen MR) is 79.8 cm³/mol. The van der Waals surface area contributed by atoms with Crippen LogP contribution < -0.4 is 5.73 Å². The molecule has 0 unspecified atom stereocenters. The Labute approximate surface area is 121 Å². The summed E-state index contributed by atoms with van der Waals surface area (Å²) in [5.41, 5.74) is 9.08. The molecule has 0 aliphatic rings. The molecule has 2 N–H and O–H groups in total. The number of hydrogen-bond acceptors (Lipinski definition) is 5. The van der Waals surface area contributed by atoms with Gasteiger partial charge in [0.1, 0.15) is 17.3 Å². The summed E-state index contributed by atoms with van der Waals surface area (Å²) in [5.74, 6) is 0. The van der Waals surface area contributed by atoms with E-state index >= 15 is 0 Å². The van der Waals surface area contributed by atoms with Gasteiger partial charge in [-0.3, -0.25) is 9.97 Å². The highest BCUT2D eigenvalue weighted by atomic mass is 14.8. The van der Waals surface area contributed by atoms with Gasteiger partial charge in [-0.05, 0) is 30.3 Å². The number of nitrogens with two attached hydrogens (primary N) is 1. The lowest BCUT2D eigenvalue weighted by Gasteiger charge is -2.08. The molecule has 0 atom stereocenters. The third-order valence-electron chi connectivity index (χ3n) is 3.00. The second kappa shape index (κ2) is 5.39. The van der Waals surface area contributed by atoms with Crippen LogP contribution >= 0.6 is 0 Å². The largest absolute Gasteiger partial charge is 0.398 e. The van der Waals surface area contributed by atoms with Gasteiger partial charge in [-0.25, -0.2) is 4.98 Å². The van der Waals surface area contributed by atoms with Gasteiger partial charge < -0.3 is 5.73 Å². The van der Waals surface area contributed by atoms with E-state index in [0.717, 1.165) is 0 Å². The third-order valence-corrected chi connectivity index (χ3v) is 3.00. The average Bonchev–Trinajstić information content (AvgIpc) is 2.55. The van der Waals surface area contributed by atoms with Gasteiger partial charge in [0, 0.05) is 12.4 Å². The Hall–Kier alpha value is -3.26. The summed E-state index contributed by atoms with van der Waals surface area (Å²) in [5, 5.41) is 9.31. The van der Waals surface area contributed by atoms with Gasteiger partial charge in [-0.2, -0.15) is 5.26 Å². The molecule has 3 aromatic heterocycles. The van der Waals surface area contributed by atoms with Crippen molar-refractivity contribution < 1.29 is 0 Å². The zero-order chi connectivity index (χ0) is 14.7. The van der Waals surface area contributed by atoms with Gasteiger partial charge in [-0.15, -0.1) is 0 Å². The lowest BCUT2D eigenvalue weighted by Crippen LogP contribution is -2.00. The number of anilines is 1. The Balaban J connectivity index is 2.24. The topological polar surface area (TPSA) is 88.5 Å². The first-order chi connectivity index (χ1) is 10.3. The molecule has 0 fully saturated rings. The van der Waals surface area contributed by atoms with E-state index < -0.39 is 0 Å². The van der Waals surface area contributed by atoms with E-state index in [1.54, 1.807) is 24.5 Å². The van der Waals surface area contributed by atoms with Crippen LogP contribution in [0, 0.1) is 11.3 Å². The first kappa shape index (κ1) is 12.8. The molecule has 0 saturated carbocycles. The van der Waals surface area contributed by atoms with Gasteiger partial charge in [-0.1, -0.05) is 12.1 Å². The minimum atomic E-state index is 0.327. The molecule has 0 radical (unpaired) electrons. The van der Waals surface area contributed by atoms with Crippen molar-refractivity contribution in [3.8, 4) is 28.8 Å². The molecule has 0 aliphatic carbocycles. The molecule has 21 heavy (non-hydrogen) atoms. The quantitative estimate of drug-likeness (QED) is 0.775. The van der Waals surface area contributed by atoms with Crippen LogP contribution in [0.15, 0.2) is 54.9 Å². The number of hydrogen-bond donors (Lipinski definition) is 1. The number of nitriles is 1. The Kier molecular flexibility index (Phi) is 3.27. The van der Waals surface area contributed by atoms with E-state index in [0.29, 0.717) is 34.0 Å². The molecule has 3 rings (SSSR count). The highest BCUT2D eigenvalue weighted by Crippen LogP contribution is 2.28. The third kappa shape index (κ3) is 2.42. The molecule has 0 amide bonds. The minimum Gasteiger partial charge on any atom is -0.398 e. The highest BCUT2D eigenvalue weighted by Gasteiger charge is 2.14. The van der Waals surface area contributed by atoms with Crippen LogP contribution in [-0.2, 0) is 0 Å². The second-order valence-electron chi connectivity index (χ2n) is 4.36. The first-order valence-electron chi connectivity index (χ1n) is 6.33. The summed E-state index contributed by atoms with van der Waals surface area (Å²) in [6.45, 7) is 0. The smallest absolute Gasteiger partial charge is 0.109 e. The number of aromatic nitrogens is 3. The fourth-order valence-electron chi connectivity index (χ4n) is 2.02. The summed E-state index contributed by atoms with van der Waals surface area (Å²) in [6.07, 6.45) is 3.34. The molecule has 5 heteroatoms. The van der Waals surface area contributed by atoms with Crippen molar-refractivity contribution >= 4 is 5.69 Å². The number of pyridine rings is 3. The Morgan fingerprint density at radius 3 is 2.14 bits per heavy atom. The number of nitrogens with zero attached hydrogens (tertiary/aromatic N) is 4. The van der Waals surface area contributed by atoms with Crippen LogP contribution in [0.4, 0.5) is 5.69 Å². The predicted octanol–water partition coefficient (Wildman–Crippen LogP) is 2.66. The number of rotatable bonds is 2. The van der Waals surface area contributed by atoms with Gasteiger partial charge in [0.2, 0.25) is 0 Å². The molecule has 0 saturated heterocycles. The average molecular weight is 273 g/mol. The van der Waals surface area contributed by atoms with Crippen molar-refractivity contribution in [2.45, 2.75) is 0 Å². The summed E-state index contributed by atoms with van der Waals surface area (Å²) >= 11 is 0. The Morgan fingerprint density at radius 1 is 0.905 bits per heavy atom. The standard InChI is InChI=1S/C16H11N5/c17-10-11-12(18)9-15(13-5-1-3-7-19-13)21-16(11)14-6-2-4-8-20-14/h1-9H,(H2,18,21). The molecular formula is C16H11N5. The summed E-state index contributed by atoms with van der Waals surface area (Å²) in [6, 6.07) is 14.7. The van der Waals surface area contributed by atoms with Gasteiger partial charge in [0.25, 0.3) is 0 Å². The van der Waals surface area contributed by atoms with Crippen LogP contribution in [0.1, 0.15) is 5.56 Å². The van der Waals surface area contributed by atoms with Crippen LogP contribution in [0.2, 0.25) is 0 Å². The van der Waals surface area contributed by atoms with Crippen molar-refractivity contribution in [3.05, 3.63) is 60.4 Å². The summed E-state index contributed by atoms with van der Waals surface area (Å²) < 4.78 is 0. The van der Waals surface area contributed by atoms with Crippen molar-refractivity contribution in [2.75, 3.05) is 5.73 Å². The maximum atomic E-state index is 9.31. The van der Waals surface area contributed by atoms with Gasteiger partial charge in [0.05, 0.1) is 22.8 Å². The van der Waals surface area contributed by atoms with E-state index in [1.807, 2.05) is 30.3 Å². The monoisotopic (exact) mass is 273 g/mol. The molecule has 0 aromatic carbocycles.